The summed E-state index contributed by atoms with van der Waals surface area (Å²) in [5.41, 5.74) is 4.94. The van der Waals surface area contributed by atoms with Crippen LogP contribution >= 0.6 is 0 Å². The van der Waals surface area contributed by atoms with Gasteiger partial charge in [-0.1, -0.05) is 74.2 Å². The summed E-state index contributed by atoms with van der Waals surface area (Å²) >= 11 is 0. The van der Waals surface area contributed by atoms with Crippen LogP contribution in [0.3, 0.4) is 0 Å². The van der Waals surface area contributed by atoms with Crippen LogP contribution in [-0.2, 0) is 9.53 Å². The first-order valence-electron chi connectivity index (χ1n) is 11.3. The first kappa shape index (κ1) is 23.1. The smallest absolute Gasteiger partial charge is 0.411 e. The number of amides is 1. The van der Waals surface area contributed by atoms with Crippen molar-refractivity contribution >= 4 is 17.7 Å². The molecule has 0 unspecified atom stereocenters. The van der Waals surface area contributed by atoms with Gasteiger partial charge in [-0.05, 0) is 40.8 Å². The number of benzene rings is 3. The van der Waals surface area contributed by atoms with Crippen LogP contribution in [-0.4, -0.2) is 25.3 Å². The van der Waals surface area contributed by atoms with Gasteiger partial charge in [0.1, 0.15) is 13.2 Å². The van der Waals surface area contributed by atoms with Crippen LogP contribution in [0.4, 0.5) is 10.5 Å². The zero-order valence-electron chi connectivity index (χ0n) is 19.1. The third kappa shape index (κ3) is 4.96. The van der Waals surface area contributed by atoms with Crippen LogP contribution in [0.2, 0.25) is 0 Å². The van der Waals surface area contributed by atoms with Crippen molar-refractivity contribution in [3.63, 3.8) is 0 Å². The Kier molecular flexibility index (Phi) is 7.28. The van der Waals surface area contributed by atoms with Crippen LogP contribution < -0.4 is 14.8 Å². The SMILES string of the molecule is C=CCOc1c(NC(=O)OCC2c3ccccc3-c3ccccc32)cccc1OC(=O)CCC. The van der Waals surface area contributed by atoms with Crippen molar-refractivity contribution in [3.8, 4) is 22.6 Å². The highest BCUT2D eigenvalue weighted by Gasteiger charge is 2.29. The molecule has 1 aliphatic carbocycles. The molecule has 6 nitrogen and oxygen atoms in total. The van der Waals surface area contributed by atoms with E-state index in [4.69, 9.17) is 14.2 Å². The quantitative estimate of drug-likeness (QED) is 0.231. The maximum absolute atomic E-state index is 12.7. The number of rotatable bonds is 9. The molecule has 0 bridgehead atoms. The minimum atomic E-state index is -0.623. The number of nitrogens with one attached hydrogen (secondary N) is 1. The fourth-order valence-electron chi connectivity index (χ4n) is 4.11. The molecule has 3 aromatic carbocycles. The Morgan fingerprint density at radius 2 is 1.65 bits per heavy atom. The lowest BCUT2D eigenvalue weighted by molar-refractivity contribution is -0.134. The predicted molar refractivity (Wildman–Crippen MR) is 131 cm³/mol. The van der Waals surface area contributed by atoms with E-state index in [1.54, 1.807) is 24.3 Å². The molecule has 0 aromatic heterocycles. The zero-order valence-corrected chi connectivity index (χ0v) is 19.1. The van der Waals surface area contributed by atoms with Crippen LogP contribution in [0.15, 0.2) is 79.4 Å². The van der Waals surface area contributed by atoms with Gasteiger partial charge in [-0.15, -0.1) is 0 Å². The topological polar surface area (TPSA) is 73.9 Å². The molecule has 0 atom stereocenters. The third-order valence-corrected chi connectivity index (χ3v) is 5.58. The van der Waals surface area contributed by atoms with Gasteiger partial charge in [0.15, 0.2) is 11.5 Å². The van der Waals surface area contributed by atoms with Crippen molar-refractivity contribution in [2.45, 2.75) is 25.7 Å². The maximum Gasteiger partial charge on any atom is 0.411 e. The van der Waals surface area contributed by atoms with Crippen LogP contribution in [0.1, 0.15) is 36.8 Å². The number of carbonyl (C=O) groups excluding carboxylic acids is 2. The third-order valence-electron chi connectivity index (χ3n) is 5.58. The molecule has 0 fully saturated rings. The van der Waals surface area contributed by atoms with E-state index in [2.05, 4.69) is 36.2 Å². The normalized spacial score (nSPS) is 11.8. The molecule has 0 heterocycles. The number of esters is 1. The van der Waals surface area contributed by atoms with Crippen LogP contribution in [0.25, 0.3) is 11.1 Å². The van der Waals surface area contributed by atoms with Gasteiger partial charge in [-0.25, -0.2) is 4.79 Å². The molecule has 0 saturated heterocycles. The highest BCUT2D eigenvalue weighted by Crippen LogP contribution is 2.44. The summed E-state index contributed by atoms with van der Waals surface area (Å²) in [6.45, 7) is 5.92. The lowest BCUT2D eigenvalue weighted by Crippen LogP contribution is -2.18. The van der Waals surface area contributed by atoms with Crippen molar-refractivity contribution < 1.29 is 23.8 Å². The molecule has 6 heteroatoms. The van der Waals surface area contributed by atoms with E-state index in [-0.39, 0.29) is 43.0 Å². The molecule has 0 aliphatic heterocycles. The molecular formula is C28H27NO5. The lowest BCUT2D eigenvalue weighted by Gasteiger charge is -2.17. The van der Waals surface area contributed by atoms with Crippen molar-refractivity contribution in [2.24, 2.45) is 0 Å². The lowest BCUT2D eigenvalue weighted by atomic mass is 9.98. The van der Waals surface area contributed by atoms with E-state index in [9.17, 15) is 9.59 Å². The second-order valence-electron chi connectivity index (χ2n) is 7.91. The van der Waals surface area contributed by atoms with Gasteiger partial charge in [-0.3, -0.25) is 10.1 Å². The van der Waals surface area contributed by atoms with Crippen molar-refractivity contribution in [1.82, 2.24) is 0 Å². The molecule has 0 radical (unpaired) electrons. The number of para-hydroxylation sites is 1. The van der Waals surface area contributed by atoms with E-state index in [1.165, 1.54) is 0 Å². The number of hydrogen-bond donors (Lipinski definition) is 1. The molecule has 34 heavy (non-hydrogen) atoms. The van der Waals surface area contributed by atoms with Gasteiger partial charge in [0, 0.05) is 12.3 Å². The molecule has 1 N–H and O–H groups in total. The van der Waals surface area contributed by atoms with Gasteiger partial charge in [-0.2, -0.15) is 0 Å². The number of hydrogen-bond acceptors (Lipinski definition) is 5. The average molecular weight is 458 g/mol. The van der Waals surface area contributed by atoms with Crippen molar-refractivity contribution in [1.29, 1.82) is 0 Å². The fraction of sp³-hybridized carbons (Fsp3) is 0.214. The van der Waals surface area contributed by atoms with E-state index < -0.39 is 6.09 Å². The Morgan fingerprint density at radius 1 is 0.971 bits per heavy atom. The average Bonchev–Trinajstić information content (AvgIpc) is 3.16. The Balaban J connectivity index is 1.49. The van der Waals surface area contributed by atoms with Crippen LogP contribution in [0, 0.1) is 0 Å². The first-order valence-corrected chi connectivity index (χ1v) is 11.3. The second-order valence-corrected chi connectivity index (χ2v) is 7.91. The monoisotopic (exact) mass is 457 g/mol. The molecular weight excluding hydrogens is 430 g/mol. The highest BCUT2D eigenvalue weighted by molar-refractivity contribution is 5.88. The molecule has 3 aromatic rings. The summed E-state index contributed by atoms with van der Waals surface area (Å²) in [5.74, 6) is 0.0670. The Labute approximate surface area is 199 Å². The second kappa shape index (κ2) is 10.7. The molecule has 0 saturated carbocycles. The summed E-state index contributed by atoms with van der Waals surface area (Å²) < 4.78 is 16.8. The number of ether oxygens (including phenoxy) is 3. The standard InChI is InChI=1S/C28H27NO5/c1-3-10-26(30)34-25-16-9-15-24(27(25)32-17-4-2)29-28(31)33-18-23-21-13-7-5-11-19(21)20-12-6-8-14-22(20)23/h4-9,11-16,23H,2-3,10,17-18H2,1H3,(H,29,31). The number of fused-ring (bicyclic) bond motifs is 3. The van der Waals surface area contributed by atoms with Crippen molar-refractivity contribution in [2.75, 3.05) is 18.5 Å². The van der Waals surface area contributed by atoms with Crippen molar-refractivity contribution in [3.05, 3.63) is 90.5 Å². The van der Waals surface area contributed by atoms with E-state index in [0.29, 0.717) is 12.1 Å². The summed E-state index contributed by atoms with van der Waals surface area (Å²) in [5, 5.41) is 2.73. The van der Waals surface area contributed by atoms with E-state index in [0.717, 1.165) is 22.3 Å². The summed E-state index contributed by atoms with van der Waals surface area (Å²) in [4.78, 5) is 24.8. The van der Waals surface area contributed by atoms with Gasteiger partial charge in [0.05, 0.1) is 5.69 Å². The summed E-state index contributed by atoms with van der Waals surface area (Å²) in [6.07, 6.45) is 1.90. The maximum atomic E-state index is 12.7. The molecule has 1 aliphatic rings. The van der Waals surface area contributed by atoms with E-state index >= 15 is 0 Å². The van der Waals surface area contributed by atoms with Gasteiger partial charge >= 0.3 is 12.1 Å². The largest absolute Gasteiger partial charge is 0.483 e. The summed E-state index contributed by atoms with van der Waals surface area (Å²) in [6, 6.07) is 21.3. The van der Waals surface area contributed by atoms with Gasteiger partial charge in [0.25, 0.3) is 0 Å². The summed E-state index contributed by atoms with van der Waals surface area (Å²) in [7, 11) is 0. The van der Waals surface area contributed by atoms with E-state index in [1.807, 2.05) is 31.2 Å². The minimum absolute atomic E-state index is 0.0454. The molecule has 1 amide bonds. The number of anilines is 1. The molecule has 174 valence electrons. The first-order chi connectivity index (χ1) is 16.6. The Morgan fingerprint density at radius 3 is 2.29 bits per heavy atom. The van der Waals surface area contributed by atoms with Crippen LogP contribution in [0.5, 0.6) is 11.5 Å². The fourth-order valence-corrected chi connectivity index (χ4v) is 4.11. The Hall–Kier alpha value is -4.06. The number of carbonyl (C=O) groups is 2. The minimum Gasteiger partial charge on any atom is -0.483 e. The van der Waals surface area contributed by atoms with Gasteiger partial charge < -0.3 is 14.2 Å². The molecule has 4 rings (SSSR count). The molecule has 0 spiro atoms. The van der Waals surface area contributed by atoms with Gasteiger partial charge in [0.2, 0.25) is 0 Å². The highest BCUT2D eigenvalue weighted by atomic mass is 16.6. The Bertz CT molecular complexity index is 1160. The zero-order chi connectivity index (χ0) is 23.9. The predicted octanol–water partition coefficient (Wildman–Crippen LogP) is 6.32.